The average Bonchev–Trinajstić information content (AvgIpc) is 2.31. The molecule has 0 atom stereocenters. The largest absolute Gasteiger partial charge is 0.326 e. The van der Waals surface area contributed by atoms with E-state index in [1.54, 1.807) is 19.1 Å². The minimum absolute atomic E-state index is 0.103. The molecule has 0 fully saturated rings. The maximum absolute atomic E-state index is 11.7. The van der Waals surface area contributed by atoms with Gasteiger partial charge in [-0.2, -0.15) is 5.10 Å². The van der Waals surface area contributed by atoms with Crippen molar-refractivity contribution in [1.82, 2.24) is 5.43 Å². The summed E-state index contributed by atoms with van der Waals surface area (Å²) >= 11 is 5.97. The zero-order valence-corrected chi connectivity index (χ0v) is 11.8. The molecule has 19 heavy (non-hydrogen) atoms. The zero-order valence-electron chi connectivity index (χ0n) is 11.1. The highest BCUT2D eigenvalue weighted by Gasteiger charge is 2.06. The van der Waals surface area contributed by atoms with E-state index >= 15 is 0 Å². The van der Waals surface area contributed by atoms with Gasteiger partial charge in [-0.05, 0) is 31.5 Å². The Morgan fingerprint density at radius 2 is 2.00 bits per heavy atom. The number of amides is 2. The molecule has 0 aliphatic carbocycles. The molecule has 0 radical (unpaired) electrons. The Labute approximate surface area is 117 Å². The van der Waals surface area contributed by atoms with Crippen molar-refractivity contribution >= 4 is 34.8 Å². The van der Waals surface area contributed by atoms with Crippen molar-refractivity contribution in [3.63, 3.8) is 0 Å². The molecule has 0 unspecified atom stereocenters. The third-order valence-corrected chi connectivity index (χ3v) is 2.68. The maximum Gasteiger partial charge on any atom is 0.236 e. The van der Waals surface area contributed by atoms with Gasteiger partial charge in [-0.25, -0.2) is 5.43 Å². The van der Waals surface area contributed by atoms with Crippen LogP contribution in [-0.4, -0.2) is 17.5 Å². The quantitative estimate of drug-likeness (QED) is 0.657. The van der Waals surface area contributed by atoms with Gasteiger partial charge in [0.15, 0.2) is 0 Å². The third kappa shape index (κ3) is 5.52. The number of anilines is 1. The number of halogens is 1. The number of carbonyl (C=O) groups excluding carboxylic acids is 2. The lowest BCUT2D eigenvalue weighted by atomic mass is 10.2. The first kappa shape index (κ1) is 15.2. The van der Waals surface area contributed by atoms with Crippen molar-refractivity contribution < 1.29 is 9.59 Å². The summed E-state index contributed by atoms with van der Waals surface area (Å²) < 4.78 is 0. The number of nitrogens with zero attached hydrogens (tertiary/aromatic N) is 1. The molecule has 6 heteroatoms. The van der Waals surface area contributed by atoms with Gasteiger partial charge in [-0.1, -0.05) is 17.7 Å². The lowest BCUT2D eigenvalue weighted by Crippen LogP contribution is -2.19. The molecular weight excluding hydrogens is 266 g/mol. The van der Waals surface area contributed by atoms with E-state index in [-0.39, 0.29) is 18.2 Å². The van der Waals surface area contributed by atoms with Crippen LogP contribution in [0.5, 0.6) is 0 Å². The Morgan fingerprint density at radius 3 is 2.58 bits per heavy atom. The molecule has 5 nitrogen and oxygen atoms in total. The number of nitrogens with one attached hydrogen (secondary N) is 2. The lowest BCUT2D eigenvalue weighted by molar-refractivity contribution is -0.119. The van der Waals surface area contributed by atoms with Gasteiger partial charge in [-0.15, -0.1) is 0 Å². The van der Waals surface area contributed by atoms with Crippen LogP contribution < -0.4 is 10.7 Å². The smallest absolute Gasteiger partial charge is 0.236 e. The van der Waals surface area contributed by atoms with Gasteiger partial charge in [0.2, 0.25) is 11.8 Å². The van der Waals surface area contributed by atoms with E-state index in [9.17, 15) is 9.59 Å². The second kappa shape index (κ2) is 6.89. The van der Waals surface area contributed by atoms with Gasteiger partial charge in [0.05, 0.1) is 6.42 Å². The van der Waals surface area contributed by atoms with Crippen molar-refractivity contribution in [1.29, 1.82) is 0 Å². The molecule has 1 rings (SSSR count). The summed E-state index contributed by atoms with van der Waals surface area (Å²) in [4.78, 5) is 22.4. The number of hydrogen-bond donors (Lipinski definition) is 2. The standard InChI is InChI=1S/C13H16ClN3O2/c1-8-4-5-11(7-12(8)14)15-13(19)6-9(2)16-17-10(3)18/h4-5,7H,6H2,1-3H3,(H,15,19)(H,17,18)/b16-9-. The van der Waals surface area contributed by atoms with E-state index in [1.807, 2.05) is 13.0 Å². The molecule has 1 aromatic carbocycles. The second-order valence-electron chi connectivity index (χ2n) is 4.20. The molecule has 1 aromatic rings. The number of benzene rings is 1. The van der Waals surface area contributed by atoms with Crippen molar-refractivity contribution in [2.45, 2.75) is 27.2 Å². The fourth-order valence-corrected chi connectivity index (χ4v) is 1.50. The molecule has 0 saturated carbocycles. The molecule has 102 valence electrons. The van der Waals surface area contributed by atoms with Crippen LogP contribution in [0, 0.1) is 6.92 Å². The van der Waals surface area contributed by atoms with Crippen molar-refractivity contribution in [3.05, 3.63) is 28.8 Å². The molecule has 0 heterocycles. The molecule has 0 spiro atoms. The number of rotatable bonds is 4. The highest BCUT2D eigenvalue weighted by molar-refractivity contribution is 6.31. The fourth-order valence-electron chi connectivity index (χ4n) is 1.32. The van der Waals surface area contributed by atoms with Gasteiger partial charge < -0.3 is 5.32 Å². The minimum atomic E-state index is -0.273. The predicted octanol–water partition coefficient (Wildman–Crippen LogP) is 2.49. The molecule has 2 amide bonds. The number of hydrogen-bond acceptors (Lipinski definition) is 3. The highest BCUT2D eigenvalue weighted by atomic mass is 35.5. The van der Waals surface area contributed by atoms with E-state index < -0.39 is 0 Å². The summed E-state index contributed by atoms with van der Waals surface area (Å²) in [6.07, 6.45) is 0.103. The van der Waals surface area contributed by atoms with Crippen LogP contribution in [-0.2, 0) is 9.59 Å². The Bertz CT molecular complexity index is 527. The summed E-state index contributed by atoms with van der Waals surface area (Å²) in [6.45, 7) is 4.90. The van der Waals surface area contributed by atoms with Gasteiger partial charge in [0, 0.05) is 23.3 Å². The number of aryl methyl sites for hydroxylation is 1. The summed E-state index contributed by atoms with van der Waals surface area (Å²) in [5.74, 6) is -0.489. The summed E-state index contributed by atoms with van der Waals surface area (Å²) in [5.41, 5.74) is 4.38. The summed E-state index contributed by atoms with van der Waals surface area (Å²) in [6, 6.07) is 5.30. The van der Waals surface area contributed by atoms with E-state index in [0.29, 0.717) is 16.4 Å². The SMILES string of the molecule is CC(=O)N/N=C(/C)CC(=O)Nc1ccc(C)c(Cl)c1. The average molecular weight is 282 g/mol. The number of carbonyl (C=O) groups is 2. The third-order valence-electron chi connectivity index (χ3n) is 2.28. The van der Waals surface area contributed by atoms with Crippen LogP contribution in [0.25, 0.3) is 0 Å². The maximum atomic E-state index is 11.7. The molecule has 0 aliphatic heterocycles. The fraction of sp³-hybridized carbons (Fsp3) is 0.308. The van der Waals surface area contributed by atoms with Gasteiger partial charge >= 0.3 is 0 Å². The predicted molar refractivity (Wildman–Crippen MR) is 76.4 cm³/mol. The molecular formula is C13H16ClN3O2. The lowest BCUT2D eigenvalue weighted by Gasteiger charge is -2.06. The van der Waals surface area contributed by atoms with Crippen LogP contribution in [0.15, 0.2) is 23.3 Å². The highest BCUT2D eigenvalue weighted by Crippen LogP contribution is 2.19. The van der Waals surface area contributed by atoms with Gasteiger partial charge in [0.25, 0.3) is 0 Å². The molecule has 0 aliphatic rings. The first-order valence-electron chi connectivity index (χ1n) is 5.74. The van der Waals surface area contributed by atoms with Crippen LogP contribution in [0.1, 0.15) is 25.8 Å². The molecule has 2 N–H and O–H groups in total. The first-order valence-corrected chi connectivity index (χ1v) is 6.12. The van der Waals surface area contributed by atoms with Crippen LogP contribution >= 0.6 is 11.6 Å². The Morgan fingerprint density at radius 1 is 1.32 bits per heavy atom. The van der Waals surface area contributed by atoms with Crippen LogP contribution in [0.3, 0.4) is 0 Å². The van der Waals surface area contributed by atoms with Crippen LogP contribution in [0.4, 0.5) is 5.69 Å². The summed E-state index contributed by atoms with van der Waals surface area (Å²) in [5, 5.41) is 7.08. The monoisotopic (exact) mass is 281 g/mol. The van der Waals surface area contributed by atoms with Gasteiger partial charge in [-0.3, -0.25) is 9.59 Å². The van der Waals surface area contributed by atoms with E-state index in [1.165, 1.54) is 6.92 Å². The molecule has 0 bridgehead atoms. The van der Waals surface area contributed by atoms with E-state index in [2.05, 4.69) is 15.8 Å². The molecule has 0 saturated heterocycles. The van der Waals surface area contributed by atoms with Crippen molar-refractivity contribution in [2.24, 2.45) is 5.10 Å². The summed E-state index contributed by atoms with van der Waals surface area (Å²) in [7, 11) is 0. The van der Waals surface area contributed by atoms with E-state index in [0.717, 1.165) is 5.56 Å². The Hall–Kier alpha value is -1.88. The minimum Gasteiger partial charge on any atom is -0.326 e. The Balaban J connectivity index is 2.57. The van der Waals surface area contributed by atoms with Crippen molar-refractivity contribution in [2.75, 3.05) is 5.32 Å². The Kier molecular flexibility index (Phi) is 5.51. The topological polar surface area (TPSA) is 70.6 Å². The van der Waals surface area contributed by atoms with Gasteiger partial charge in [0.1, 0.15) is 0 Å². The second-order valence-corrected chi connectivity index (χ2v) is 4.61. The first-order chi connectivity index (χ1) is 8.88. The van der Waals surface area contributed by atoms with E-state index in [4.69, 9.17) is 11.6 Å². The molecule has 0 aromatic heterocycles. The zero-order chi connectivity index (χ0) is 14.4. The van der Waals surface area contributed by atoms with Crippen LogP contribution in [0.2, 0.25) is 5.02 Å². The number of hydrazone groups is 1. The van der Waals surface area contributed by atoms with Crippen molar-refractivity contribution in [3.8, 4) is 0 Å². The normalized spacial score (nSPS) is 11.1.